The summed E-state index contributed by atoms with van der Waals surface area (Å²) in [5.74, 6) is -1.27. The van der Waals surface area contributed by atoms with Crippen molar-refractivity contribution in [1.82, 2.24) is 10.6 Å². The number of amides is 1. The molecule has 0 aliphatic rings. The zero-order valence-corrected chi connectivity index (χ0v) is 10.5. The van der Waals surface area contributed by atoms with E-state index in [-0.39, 0.29) is 5.91 Å². The molecule has 0 spiro atoms. The molecule has 0 unspecified atom stereocenters. The number of likely N-dealkylation sites (N-methyl/N-ethyl adjacent to an activating group) is 1. The molecule has 16 heavy (non-hydrogen) atoms. The van der Waals surface area contributed by atoms with Crippen LogP contribution in [0, 0.1) is 0 Å². The van der Waals surface area contributed by atoms with Gasteiger partial charge in [-0.2, -0.15) is 0 Å². The Balaban J connectivity index is 4.40. The summed E-state index contributed by atoms with van der Waals surface area (Å²) in [4.78, 5) is 22.7. The van der Waals surface area contributed by atoms with Gasteiger partial charge in [-0.15, -0.1) is 0 Å². The summed E-state index contributed by atoms with van der Waals surface area (Å²) in [7, 11) is 1.67. The van der Waals surface area contributed by atoms with Crippen molar-refractivity contribution in [2.24, 2.45) is 0 Å². The minimum Gasteiger partial charge on any atom is -0.480 e. The lowest BCUT2D eigenvalue weighted by molar-refractivity contribution is -0.142. The van der Waals surface area contributed by atoms with Gasteiger partial charge in [0, 0.05) is 0 Å². The van der Waals surface area contributed by atoms with Crippen molar-refractivity contribution in [2.45, 2.75) is 51.6 Å². The number of unbranched alkanes of at least 4 members (excludes halogenated alkanes) is 1. The van der Waals surface area contributed by atoms with Crippen LogP contribution in [0.2, 0.25) is 0 Å². The third kappa shape index (κ3) is 4.61. The van der Waals surface area contributed by atoms with Gasteiger partial charge in [-0.25, -0.2) is 4.79 Å². The zero-order valence-electron chi connectivity index (χ0n) is 10.5. The van der Waals surface area contributed by atoms with Crippen molar-refractivity contribution in [3.05, 3.63) is 0 Å². The fourth-order valence-corrected chi connectivity index (χ4v) is 1.12. The third-order valence-corrected chi connectivity index (χ3v) is 2.64. The molecule has 0 saturated heterocycles. The largest absolute Gasteiger partial charge is 0.480 e. The Hall–Kier alpha value is -1.10. The molecule has 3 N–H and O–H groups in total. The first-order valence-corrected chi connectivity index (χ1v) is 5.57. The van der Waals surface area contributed by atoms with Gasteiger partial charge in [-0.1, -0.05) is 19.8 Å². The van der Waals surface area contributed by atoms with E-state index in [2.05, 4.69) is 10.6 Å². The lowest BCUT2D eigenvalue weighted by Crippen LogP contribution is -2.55. The van der Waals surface area contributed by atoms with Gasteiger partial charge in [0.1, 0.15) is 6.04 Å². The first kappa shape index (κ1) is 14.9. The van der Waals surface area contributed by atoms with E-state index in [1.54, 1.807) is 20.9 Å². The fraction of sp³-hybridized carbons (Fsp3) is 0.818. The molecule has 0 aromatic rings. The van der Waals surface area contributed by atoms with E-state index >= 15 is 0 Å². The molecule has 0 aromatic heterocycles. The van der Waals surface area contributed by atoms with Crippen molar-refractivity contribution in [3.63, 3.8) is 0 Å². The Morgan fingerprint density at radius 2 is 1.94 bits per heavy atom. The Labute approximate surface area is 96.6 Å². The molecule has 94 valence electrons. The zero-order chi connectivity index (χ0) is 12.8. The minimum absolute atomic E-state index is 0.293. The van der Waals surface area contributed by atoms with Crippen molar-refractivity contribution >= 4 is 11.9 Å². The van der Waals surface area contributed by atoms with Crippen LogP contribution in [0.4, 0.5) is 0 Å². The molecule has 1 amide bonds. The second kappa shape index (κ2) is 6.48. The lowest BCUT2D eigenvalue weighted by atomic mass is 10.0. The number of hydrogen-bond donors (Lipinski definition) is 3. The first-order valence-electron chi connectivity index (χ1n) is 5.57. The highest BCUT2D eigenvalue weighted by atomic mass is 16.4. The van der Waals surface area contributed by atoms with Gasteiger partial charge in [0.25, 0.3) is 0 Å². The van der Waals surface area contributed by atoms with E-state index < -0.39 is 17.6 Å². The smallest absolute Gasteiger partial charge is 0.326 e. The van der Waals surface area contributed by atoms with E-state index in [4.69, 9.17) is 5.11 Å². The van der Waals surface area contributed by atoms with Crippen LogP contribution in [0.5, 0.6) is 0 Å². The van der Waals surface area contributed by atoms with E-state index in [0.29, 0.717) is 6.42 Å². The van der Waals surface area contributed by atoms with Gasteiger partial charge in [0.2, 0.25) is 5.91 Å². The summed E-state index contributed by atoms with van der Waals surface area (Å²) in [6, 6.07) is -0.792. The Morgan fingerprint density at radius 3 is 2.31 bits per heavy atom. The van der Waals surface area contributed by atoms with Crippen molar-refractivity contribution in [2.75, 3.05) is 7.05 Å². The predicted octanol–water partition coefficient (Wildman–Crippen LogP) is 0.744. The second-order valence-electron chi connectivity index (χ2n) is 4.38. The Bertz CT molecular complexity index is 252. The number of rotatable bonds is 7. The third-order valence-electron chi connectivity index (χ3n) is 2.64. The maximum atomic E-state index is 11.7. The highest BCUT2D eigenvalue weighted by Gasteiger charge is 2.29. The molecule has 0 radical (unpaired) electrons. The van der Waals surface area contributed by atoms with Crippen LogP contribution in [0.15, 0.2) is 0 Å². The van der Waals surface area contributed by atoms with Crippen LogP contribution in [0.3, 0.4) is 0 Å². The van der Waals surface area contributed by atoms with Gasteiger partial charge in [-0.05, 0) is 27.3 Å². The highest BCUT2D eigenvalue weighted by molar-refractivity contribution is 5.89. The first-order chi connectivity index (χ1) is 7.35. The normalized spacial score (nSPS) is 13.2. The van der Waals surface area contributed by atoms with Crippen molar-refractivity contribution < 1.29 is 14.7 Å². The predicted molar refractivity (Wildman–Crippen MR) is 62.2 cm³/mol. The van der Waals surface area contributed by atoms with Gasteiger partial charge >= 0.3 is 5.97 Å². The maximum absolute atomic E-state index is 11.7. The molecule has 0 bridgehead atoms. The topological polar surface area (TPSA) is 78.4 Å². The van der Waals surface area contributed by atoms with Gasteiger partial charge < -0.3 is 15.7 Å². The number of carboxylic acids is 1. The average molecular weight is 230 g/mol. The molecule has 0 heterocycles. The van der Waals surface area contributed by atoms with Gasteiger partial charge in [0.05, 0.1) is 5.54 Å². The maximum Gasteiger partial charge on any atom is 0.326 e. The molecule has 0 rings (SSSR count). The summed E-state index contributed by atoms with van der Waals surface area (Å²) < 4.78 is 0. The number of carbonyl (C=O) groups excluding carboxylic acids is 1. The van der Waals surface area contributed by atoms with Crippen LogP contribution in [-0.2, 0) is 9.59 Å². The lowest BCUT2D eigenvalue weighted by Gasteiger charge is -2.25. The number of nitrogens with one attached hydrogen (secondary N) is 2. The Morgan fingerprint density at radius 1 is 1.38 bits per heavy atom. The van der Waals surface area contributed by atoms with Crippen LogP contribution >= 0.6 is 0 Å². The molecule has 0 fully saturated rings. The molecule has 5 nitrogen and oxygen atoms in total. The van der Waals surface area contributed by atoms with Gasteiger partial charge in [-0.3, -0.25) is 4.79 Å². The molecular weight excluding hydrogens is 208 g/mol. The molecule has 0 aromatic carbocycles. The van der Waals surface area contributed by atoms with Crippen molar-refractivity contribution in [1.29, 1.82) is 0 Å². The Kier molecular flexibility index (Phi) is 6.03. The van der Waals surface area contributed by atoms with E-state index in [0.717, 1.165) is 12.8 Å². The monoisotopic (exact) mass is 230 g/mol. The quantitative estimate of drug-likeness (QED) is 0.603. The fourth-order valence-electron chi connectivity index (χ4n) is 1.12. The van der Waals surface area contributed by atoms with E-state index in [9.17, 15) is 9.59 Å². The average Bonchev–Trinajstić information content (AvgIpc) is 2.23. The van der Waals surface area contributed by atoms with Gasteiger partial charge in [0.15, 0.2) is 0 Å². The summed E-state index contributed by atoms with van der Waals surface area (Å²) in [5.41, 5.74) is -0.750. The van der Waals surface area contributed by atoms with Crippen LogP contribution in [0.25, 0.3) is 0 Å². The number of carboxylic acid groups (broad SMARTS) is 1. The molecular formula is C11H22N2O3. The minimum atomic E-state index is -0.978. The van der Waals surface area contributed by atoms with Crippen LogP contribution in [-0.4, -0.2) is 35.6 Å². The SMILES string of the molecule is CCCC[C@H](NC(=O)C(C)(C)NC)C(=O)O. The second-order valence-corrected chi connectivity index (χ2v) is 4.38. The van der Waals surface area contributed by atoms with E-state index in [1.165, 1.54) is 0 Å². The number of hydrogen-bond acceptors (Lipinski definition) is 3. The number of aliphatic carboxylic acids is 1. The molecule has 1 atom stereocenters. The summed E-state index contributed by atoms with van der Waals surface area (Å²) >= 11 is 0. The molecule has 0 saturated carbocycles. The molecule has 0 aliphatic heterocycles. The highest BCUT2D eigenvalue weighted by Crippen LogP contribution is 2.05. The summed E-state index contributed by atoms with van der Waals surface area (Å²) in [6.07, 6.45) is 2.17. The van der Waals surface area contributed by atoms with Crippen LogP contribution in [0.1, 0.15) is 40.0 Å². The van der Waals surface area contributed by atoms with Crippen LogP contribution < -0.4 is 10.6 Å². The number of carbonyl (C=O) groups is 2. The summed E-state index contributed by atoms with van der Waals surface area (Å²) in [5, 5.41) is 14.3. The van der Waals surface area contributed by atoms with Crippen molar-refractivity contribution in [3.8, 4) is 0 Å². The standard InChI is InChI=1S/C11H22N2O3/c1-5-6-7-8(9(14)15)13-10(16)11(2,3)12-4/h8,12H,5-7H2,1-4H3,(H,13,16)(H,14,15)/t8-/m0/s1. The summed E-state index contributed by atoms with van der Waals surface area (Å²) in [6.45, 7) is 5.40. The molecule has 0 aliphatic carbocycles. The molecule has 5 heteroatoms. The van der Waals surface area contributed by atoms with E-state index in [1.807, 2.05) is 6.92 Å².